The van der Waals surface area contributed by atoms with Crippen LogP contribution in [-0.4, -0.2) is 29.9 Å². The summed E-state index contributed by atoms with van der Waals surface area (Å²) in [5.41, 5.74) is 0.981. The number of rotatable bonds is 6. The number of hydrogen-bond acceptors (Lipinski definition) is 8. The summed E-state index contributed by atoms with van der Waals surface area (Å²) in [5, 5.41) is 20.1. The van der Waals surface area contributed by atoms with Crippen molar-refractivity contribution in [2.75, 3.05) is 0 Å². The van der Waals surface area contributed by atoms with Crippen LogP contribution in [0.25, 0.3) is 22.2 Å². The first-order valence-corrected chi connectivity index (χ1v) is 10.4. The van der Waals surface area contributed by atoms with Crippen molar-refractivity contribution < 1.29 is 4.42 Å². The third kappa shape index (κ3) is 3.28. The van der Waals surface area contributed by atoms with Crippen molar-refractivity contribution in [2.45, 2.75) is 36.2 Å². The van der Waals surface area contributed by atoms with Gasteiger partial charge in [-0.3, -0.25) is 9.55 Å². The van der Waals surface area contributed by atoms with E-state index in [-0.39, 0.29) is 5.25 Å². The Bertz CT molecular complexity index is 1040. The summed E-state index contributed by atoms with van der Waals surface area (Å²) in [6, 6.07) is 8.33. The predicted molar refractivity (Wildman–Crippen MR) is 103 cm³/mol. The normalized spacial score (nSPS) is 15.1. The van der Waals surface area contributed by atoms with Crippen LogP contribution in [0, 0.1) is 0 Å². The van der Waals surface area contributed by atoms with Gasteiger partial charge in [-0.2, -0.15) is 0 Å². The Balaban J connectivity index is 1.42. The molecule has 1 fully saturated rings. The molecule has 1 atom stereocenters. The SMILES string of the molecule is C[C@H](Sc1nnc(-c2cccnc2)n1C1CC1)c1nnc(-c2cccs2)o1. The first-order valence-electron chi connectivity index (χ1n) is 8.69. The molecule has 27 heavy (non-hydrogen) atoms. The maximum atomic E-state index is 5.87. The standard InChI is InChI=1S/C18H16N6OS2/c1-11(16-21-22-17(25-16)14-5-3-9-26-14)27-18-23-20-15(24(18)13-6-7-13)12-4-2-8-19-10-12/h2-5,8-11,13H,6-7H2,1H3/t11-/m0/s1. The van der Waals surface area contributed by atoms with Crippen LogP contribution in [0.15, 0.2) is 51.6 Å². The molecule has 0 aromatic carbocycles. The average molecular weight is 397 g/mol. The highest BCUT2D eigenvalue weighted by Gasteiger charge is 2.31. The molecule has 0 radical (unpaired) electrons. The van der Waals surface area contributed by atoms with Crippen LogP contribution in [0.3, 0.4) is 0 Å². The van der Waals surface area contributed by atoms with E-state index in [1.165, 1.54) is 0 Å². The third-order valence-corrected chi connectivity index (χ3v) is 6.20. The van der Waals surface area contributed by atoms with Crippen molar-refractivity contribution in [1.82, 2.24) is 29.9 Å². The lowest BCUT2D eigenvalue weighted by Crippen LogP contribution is -2.01. The van der Waals surface area contributed by atoms with Gasteiger partial charge in [0.2, 0.25) is 5.89 Å². The van der Waals surface area contributed by atoms with Crippen LogP contribution in [0.1, 0.15) is 36.9 Å². The van der Waals surface area contributed by atoms with Gasteiger partial charge in [-0.05, 0) is 43.3 Å². The molecule has 0 bridgehead atoms. The summed E-state index contributed by atoms with van der Waals surface area (Å²) in [4.78, 5) is 5.18. The molecule has 7 nitrogen and oxygen atoms in total. The zero-order valence-corrected chi connectivity index (χ0v) is 16.2. The van der Waals surface area contributed by atoms with Crippen LogP contribution in [-0.2, 0) is 0 Å². The van der Waals surface area contributed by atoms with E-state index in [0.29, 0.717) is 17.8 Å². The van der Waals surface area contributed by atoms with Gasteiger partial charge in [0, 0.05) is 24.0 Å². The van der Waals surface area contributed by atoms with Crippen LogP contribution < -0.4 is 0 Å². The summed E-state index contributed by atoms with van der Waals surface area (Å²) in [5.74, 6) is 2.02. The average Bonchev–Trinajstić information content (AvgIpc) is 3.11. The van der Waals surface area contributed by atoms with E-state index in [4.69, 9.17) is 4.42 Å². The molecule has 136 valence electrons. The highest BCUT2D eigenvalue weighted by Crippen LogP contribution is 2.43. The number of aromatic nitrogens is 6. The summed E-state index contributed by atoms with van der Waals surface area (Å²) in [6.07, 6.45) is 5.89. The molecular formula is C18H16N6OS2. The molecule has 0 N–H and O–H groups in total. The number of thiophene rings is 1. The maximum absolute atomic E-state index is 5.87. The molecule has 1 aliphatic rings. The summed E-state index contributed by atoms with van der Waals surface area (Å²) in [7, 11) is 0. The summed E-state index contributed by atoms with van der Waals surface area (Å²) in [6.45, 7) is 2.05. The van der Waals surface area contributed by atoms with Gasteiger partial charge < -0.3 is 4.42 Å². The number of thioether (sulfide) groups is 1. The van der Waals surface area contributed by atoms with E-state index in [1.54, 1.807) is 29.3 Å². The molecule has 5 rings (SSSR count). The Kier molecular flexibility index (Phi) is 4.25. The molecule has 0 saturated heterocycles. The molecule has 1 saturated carbocycles. The molecule has 4 heterocycles. The predicted octanol–water partition coefficient (Wildman–Crippen LogP) is 4.64. The molecule has 9 heteroatoms. The summed E-state index contributed by atoms with van der Waals surface area (Å²) >= 11 is 3.18. The zero-order valence-electron chi connectivity index (χ0n) is 14.5. The first-order chi connectivity index (χ1) is 13.3. The second kappa shape index (κ2) is 6.90. The molecule has 0 aliphatic heterocycles. The molecule has 0 spiro atoms. The first kappa shape index (κ1) is 16.6. The number of pyridine rings is 1. The van der Waals surface area contributed by atoms with E-state index in [1.807, 2.05) is 42.8 Å². The third-order valence-electron chi connectivity index (χ3n) is 4.30. The second-order valence-corrected chi connectivity index (χ2v) is 8.59. The van der Waals surface area contributed by atoms with Crippen LogP contribution in [0.2, 0.25) is 0 Å². The summed E-state index contributed by atoms with van der Waals surface area (Å²) < 4.78 is 8.09. The molecule has 1 aliphatic carbocycles. The monoisotopic (exact) mass is 396 g/mol. The smallest absolute Gasteiger partial charge is 0.257 e. The lowest BCUT2D eigenvalue weighted by molar-refractivity contribution is 0.509. The van der Waals surface area contributed by atoms with E-state index >= 15 is 0 Å². The molecule has 0 amide bonds. The Hall–Kier alpha value is -2.52. The fourth-order valence-corrected chi connectivity index (χ4v) is 4.41. The maximum Gasteiger partial charge on any atom is 0.257 e. The van der Waals surface area contributed by atoms with Gasteiger partial charge in [0.1, 0.15) is 0 Å². The molecule has 0 unspecified atom stereocenters. The lowest BCUT2D eigenvalue weighted by Gasteiger charge is -2.10. The topological polar surface area (TPSA) is 82.5 Å². The van der Waals surface area contributed by atoms with Crippen molar-refractivity contribution in [2.24, 2.45) is 0 Å². The molecule has 4 aromatic heterocycles. The van der Waals surface area contributed by atoms with Crippen molar-refractivity contribution in [3.63, 3.8) is 0 Å². The minimum atomic E-state index is -0.0188. The van der Waals surface area contributed by atoms with Crippen molar-refractivity contribution in [3.05, 3.63) is 47.9 Å². The number of hydrogen-bond donors (Lipinski definition) is 0. The van der Waals surface area contributed by atoms with E-state index in [9.17, 15) is 0 Å². The van der Waals surface area contributed by atoms with Gasteiger partial charge in [0.05, 0.1) is 10.1 Å². The molecular weight excluding hydrogens is 380 g/mol. The Morgan fingerprint density at radius 1 is 1.19 bits per heavy atom. The van der Waals surface area contributed by atoms with Gasteiger partial charge >= 0.3 is 0 Å². The quantitative estimate of drug-likeness (QED) is 0.439. The Morgan fingerprint density at radius 2 is 2.11 bits per heavy atom. The minimum Gasteiger partial charge on any atom is -0.419 e. The fourth-order valence-electron chi connectivity index (χ4n) is 2.82. The van der Waals surface area contributed by atoms with Gasteiger partial charge in [-0.15, -0.1) is 31.7 Å². The highest BCUT2D eigenvalue weighted by molar-refractivity contribution is 7.99. The van der Waals surface area contributed by atoms with Crippen LogP contribution >= 0.6 is 23.1 Å². The fraction of sp³-hybridized carbons (Fsp3) is 0.278. The van der Waals surface area contributed by atoms with E-state index in [2.05, 4.69) is 29.9 Å². The zero-order chi connectivity index (χ0) is 18.2. The largest absolute Gasteiger partial charge is 0.419 e. The number of nitrogens with zero attached hydrogens (tertiary/aromatic N) is 6. The van der Waals surface area contributed by atoms with Crippen LogP contribution in [0.4, 0.5) is 0 Å². The van der Waals surface area contributed by atoms with Gasteiger partial charge in [0.15, 0.2) is 11.0 Å². The van der Waals surface area contributed by atoms with Gasteiger partial charge in [-0.1, -0.05) is 17.8 Å². The lowest BCUT2D eigenvalue weighted by atomic mass is 10.3. The van der Waals surface area contributed by atoms with Crippen molar-refractivity contribution in [1.29, 1.82) is 0 Å². The van der Waals surface area contributed by atoms with Crippen molar-refractivity contribution in [3.8, 4) is 22.2 Å². The van der Waals surface area contributed by atoms with Gasteiger partial charge in [-0.25, -0.2) is 0 Å². The highest BCUT2D eigenvalue weighted by atomic mass is 32.2. The van der Waals surface area contributed by atoms with Crippen LogP contribution in [0.5, 0.6) is 0 Å². The van der Waals surface area contributed by atoms with Gasteiger partial charge in [0.25, 0.3) is 5.89 Å². The minimum absolute atomic E-state index is 0.0188. The van der Waals surface area contributed by atoms with E-state index < -0.39 is 0 Å². The Labute approximate surface area is 163 Å². The second-order valence-electron chi connectivity index (χ2n) is 6.33. The van der Waals surface area contributed by atoms with Crippen molar-refractivity contribution >= 4 is 23.1 Å². The van der Waals surface area contributed by atoms with E-state index in [0.717, 1.165) is 34.3 Å². The molecule has 4 aromatic rings. The Morgan fingerprint density at radius 3 is 2.85 bits per heavy atom.